The van der Waals surface area contributed by atoms with Crippen LogP contribution in [0.15, 0.2) is 34.5 Å². The third kappa shape index (κ3) is 6.49. The van der Waals surface area contributed by atoms with Gasteiger partial charge in [-0.25, -0.2) is 0 Å². The average molecular weight is 498 g/mol. The van der Waals surface area contributed by atoms with Crippen LogP contribution in [0.4, 0.5) is 11.4 Å². The molecule has 0 aromatic heterocycles. The molecule has 1 atom stereocenters. The maximum absolute atomic E-state index is 12.9. The third-order valence-electron chi connectivity index (χ3n) is 4.28. The molecular formula is C22H25Cl2N3O6. The Morgan fingerprint density at radius 3 is 2.30 bits per heavy atom. The molecule has 0 saturated heterocycles. The van der Waals surface area contributed by atoms with Gasteiger partial charge >= 0.3 is 0 Å². The van der Waals surface area contributed by atoms with Crippen molar-refractivity contribution in [3.63, 3.8) is 0 Å². The molecule has 1 N–H and O–H groups in total. The molecule has 1 unspecified atom stereocenters. The van der Waals surface area contributed by atoms with Crippen LogP contribution >= 0.6 is 23.2 Å². The Kier molecular flexibility index (Phi) is 9.74. The maximum atomic E-state index is 12.9. The molecule has 0 aliphatic rings. The second-order valence-corrected chi connectivity index (χ2v) is 7.28. The zero-order chi connectivity index (χ0) is 24.5. The Morgan fingerprint density at radius 2 is 1.73 bits per heavy atom. The average Bonchev–Trinajstić information content (AvgIpc) is 2.78. The number of nitrogens with zero attached hydrogens (tertiary/aromatic N) is 2. The summed E-state index contributed by atoms with van der Waals surface area (Å²) in [6, 6.07) is 4.77. The Labute approximate surface area is 202 Å². The highest BCUT2D eigenvalue weighted by atomic mass is 35.5. The Morgan fingerprint density at radius 1 is 1.03 bits per heavy atom. The van der Waals surface area contributed by atoms with E-state index in [9.17, 15) is 9.59 Å². The minimum absolute atomic E-state index is 0.163. The number of ether oxygens (including phenoxy) is 4. The first kappa shape index (κ1) is 26.2. The highest BCUT2D eigenvalue weighted by Gasteiger charge is 2.26. The van der Waals surface area contributed by atoms with Crippen molar-refractivity contribution in [3.05, 3.63) is 34.3 Å². The van der Waals surface area contributed by atoms with Gasteiger partial charge in [0.1, 0.15) is 33.6 Å². The zero-order valence-corrected chi connectivity index (χ0v) is 20.4. The topological polar surface area (TPSA) is 108 Å². The van der Waals surface area contributed by atoms with E-state index in [1.165, 1.54) is 27.2 Å². The minimum atomic E-state index is -1.45. The van der Waals surface area contributed by atoms with Crippen molar-refractivity contribution in [2.75, 3.05) is 32.8 Å². The summed E-state index contributed by atoms with van der Waals surface area (Å²) in [4.78, 5) is 25.0. The number of rotatable bonds is 11. The lowest BCUT2D eigenvalue weighted by Crippen LogP contribution is -2.32. The molecule has 0 radical (unpaired) electrons. The molecule has 0 aliphatic heterocycles. The summed E-state index contributed by atoms with van der Waals surface area (Å²) in [6.07, 6.45) is 0. The van der Waals surface area contributed by atoms with Gasteiger partial charge in [0, 0.05) is 12.1 Å². The SMILES string of the molecule is CCOc1ccc(N=NC(C(C)=O)C(=O)Nc2c(Cl)cc(OC)cc2OC)c(OCC)c1Cl. The van der Waals surface area contributed by atoms with Gasteiger partial charge in [0.05, 0.1) is 32.5 Å². The van der Waals surface area contributed by atoms with E-state index in [1.54, 1.807) is 25.1 Å². The fraction of sp³-hybridized carbons (Fsp3) is 0.364. The van der Waals surface area contributed by atoms with E-state index in [2.05, 4.69) is 15.5 Å². The van der Waals surface area contributed by atoms with Crippen molar-refractivity contribution >= 4 is 46.3 Å². The lowest BCUT2D eigenvalue weighted by Gasteiger charge is -2.15. The van der Waals surface area contributed by atoms with Crippen LogP contribution in [0, 0.1) is 0 Å². The number of halogens is 2. The smallest absolute Gasteiger partial charge is 0.258 e. The van der Waals surface area contributed by atoms with Gasteiger partial charge in [-0.15, -0.1) is 0 Å². The van der Waals surface area contributed by atoms with Gasteiger partial charge in [0.2, 0.25) is 6.04 Å². The highest BCUT2D eigenvalue weighted by Crippen LogP contribution is 2.42. The van der Waals surface area contributed by atoms with Gasteiger partial charge in [0.25, 0.3) is 5.91 Å². The second-order valence-electron chi connectivity index (χ2n) is 6.50. The summed E-state index contributed by atoms with van der Waals surface area (Å²) in [5, 5.41) is 11.0. The van der Waals surface area contributed by atoms with Crippen molar-refractivity contribution in [1.82, 2.24) is 0 Å². The lowest BCUT2D eigenvalue weighted by molar-refractivity contribution is -0.126. The Balaban J connectivity index is 2.36. The summed E-state index contributed by atoms with van der Waals surface area (Å²) in [7, 11) is 2.88. The van der Waals surface area contributed by atoms with Crippen LogP contribution in [0.1, 0.15) is 20.8 Å². The number of hydrogen-bond acceptors (Lipinski definition) is 8. The van der Waals surface area contributed by atoms with Gasteiger partial charge in [0.15, 0.2) is 11.5 Å². The first-order chi connectivity index (χ1) is 15.8. The monoisotopic (exact) mass is 497 g/mol. The van der Waals surface area contributed by atoms with Gasteiger partial charge in [-0.3, -0.25) is 9.59 Å². The zero-order valence-electron chi connectivity index (χ0n) is 18.9. The van der Waals surface area contributed by atoms with E-state index < -0.39 is 17.7 Å². The van der Waals surface area contributed by atoms with Crippen molar-refractivity contribution in [3.8, 4) is 23.0 Å². The molecule has 11 heteroatoms. The van der Waals surface area contributed by atoms with Crippen LogP contribution < -0.4 is 24.3 Å². The number of azo groups is 1. The molecule has 0 heterocycles. The molecule has 0 spiro atoms. The summed E-state index contributed by atoms with van der Waals surface area (Å²) in [6.45, 7) is 5.55. The lowest BCUT2D eigenvalue weighted by atomic mass is 10.2. The van der Waals surface area contributed by atoms with E-state index in [1.807, 2.05) is 6.92 Å². The normalized spacial score (nSPS) is 11.7. The number of hydrogen-bond donors (Lipinski definition) is 1. The molecule has 1 amide bonds. The number of carbonyl (C=O) groups excluding carboxylic acids is 2. The summed E-state index contributed by atoms with van der Waals surface area (Å²) in [5.74, 6) is 0.0684. The first-order valence-corrected chi connectivity index (χ1v) is 10.7. The van der Waals surface area contributed by atoms with Crippen LogP contribution in [-0.4, -0.2) is 45.2 Å². The van der Waals surface area contributed by atoms with Crippen molar-refractivity contribution in [1.29, 1.82) is 0 Å². The van der Waals surface area contributed by atoms with Crippen LogP contribution in [-0.2, 0) is 9.59 Å². The number of amides is 1. The number of anilines is 1. The van der Waals surface area contributed by atoms with Crippen LogP contribution in [0.5, 0.6) is 23.0 Å². The van der Waals surface area contributed by atoms with Crippen LogP contribution in [0.2, 0.25) is 10.0 Å². The molecule has 33 heavy (non-hydrogen) atoms. The molecule has 2 aromatic carbocycles. The molecule has 0 bridgehead atoms. The fourth-order valence-corrected chi connectivity index (χ4v) is 3.26. The van der Waals surface area contributed by atoms with Crippen LogP contribution in [0.25, 0.3) is 0 Å². The number of ketones is 1. The Hall–Kier alpha value is -3.04. The number of benzene rings is 2. The summed E-state index contributed by atoms with van der Waals surface area (Å²) < 4.78 is 21.4. The molecule has 0 fully saturated rings. The van der Waals surface area contributed by atoms with Gasteiger partial charge in [-0.1, -0.05) is 23.2 Å². The largest absolute Gasteiger partial charge is 0.497 e. The molecule has 0 aliphatic carbocycles. The Bertz CT molecular complexity index is 1050. The van der Waals surface area contributed by atoms with Crippen molar-refractivity contribution < 1.29 is 28.5 Å². The number of nitrogens with one attached hydrogen (secondary N) is 1. The number of Topliss-reactive ketones (excluding diaryl/α,β-unsaturated/α-hetero) is 1. The van der Waals surface area contributed by atoms with Gasteiger partial charge in [-0.05, 0) is 32.9 Å². The van der Waals surface area contributed by atoms with Crippen molar-refractivity contribution in [2.24, 2.45) is 10.2 Å². The molecule has 2 aromatic rings. The summed E-state index contributed by atoms with van der Waals surface area (Å²) in [5.41, 5.74) is 0.412. The van der Waals surface area contributed by atoms with Gasteiger partial charge in [-0.2, -0.15) is 10.2 Å². The van der Waals surface area contributed by atoms with E-state index in [0.29, 0.717) is 24.7 Å². The predicted molar refractivity (Wildman–Crippen MR) is 126 cm³/mol. The van der Waals surface area contributed by atoms with E-state index >= 15 is 0 Å². The quantitative estimate of drug-likeness (QED) is 0.324. The molecule has 2 rings (SSSR count). The van der Waals surface area contributed by atoms with E-state index in [4.69, 9.17) is 42.1 Å². The predicted octanol–water partition coefficient (Wildman–Crippen LogP) is 5.49. The highest BCUT2D eigenvalue weighted by molar-refractivity contribution is 6.34. The fourth-order valence-electron chi connectivity index (χ4n) is 2.74. The van der Waals surface area contributed by atoms with Gasteiger partial charge < -0.3 is 24.3 Å². The molecule has 178 valence electrons. The van der Waals surface area contributed by atoms with Crippen molar-refractivity contribution in [2.45, 2.75) is 26.8 Å². The summed E-state index contributed by atoms with van der Waals surface area (Å²) >= 11 is 12.6. The molecular weight excluding hydrogens is 473 g/mol. The maximum Gasteiger partial charge on any atom is 0.258 e. The standard InChI is InChI=1S/C22H25Cl2N3O6/c1-6-32-16-9-8-15(21(18(16)24)33-7-2)26-27-19(12(3)28)22(29)25-20-14(23)10-13(30-4)11-17(20)31-5/h8-11,19H,6-7H2,1-5H3,(H,25,29). The number of carbonyl (C=O) groups is 2. The minimum Gasteiger partial charge on any atom is -0.497 e. The van der Waals surface area contributed by atoms with E-state index in [0.717, 1.165) is 0 Å². The molecule has 9 nitrogen and oxygen atoms in total. The second kappa shape index (κ2) is 12.3. The number of methoxy groups -OCH3 is 2. The third-order valence-corrected chi connectivity index (χ3v) is 4.93. The molecule has 0 saturated carbocycles. The van der Waals surface area contributed by atoms with E-state index in [-0.39, 0.29) is 32.9 Å². The van der Waals surface area contributed by atoms with Crippen LogP contribution in [0.3, 0.4) is 0 Å². The first-order valence-electron chi connectivity index (χ1n) is 9.99.